The van der Waals surface area contributed by atoms with Crippen LogP contribution in [-0.2, 0) is 0 Å². The molecule has 2 nitrogen and oxygen atoms in total. The molecule has 0 aromatic heterocycles. The van der Waals surface area contributed by atoms with E-state index in [2.05, 4.69) is 12.2 Å². The lowest BCUT2D eigenvalue weighted by molar-refractivity contribution is 0.186. The van der Waals surface area contributed by atoms with Crippen molar-refractivity contribution in [2.45, 2.75) is 32.2 Å². The van der Waals surface area contributed by atoms with Crippen LogP contribution in [-0.4, -0.2) is 24.3 Å². The van der Waals surface area contributed by atoms with Gasteiger partial charge in [-0.15, -0.1) is 0 Å². The highest BCUT2D eigenvalue weighted by atomic mass is 16.3. The SMILES string of the molecule is CC(CO)C1CCCCN1. The first-order chi connectivity index (χ1) is 4.84. The highest BCUT2D eigenvalue weighted by Gasteiger charge is 2.17. The molecule has 1 heterocycles. The Balaban J connectivity index is 2.24. The van der Waals surface area contributed by atoms with Crippen molar-refractivity contribution in [2.24, 2.45) is 5.92 Å². The molecule has 0 spiro atoms. The third kappa shape index (κ3) is 1.96. The van der Waals surface area contributed by atoms with Gasteiger partial charge in [-0.3, -0.25) is 0 Å². The molecule has 2 atom stereocenters. The van der Waals surface area contributed by atoms with Crippen LogP contribution in [0.25, 0.3) is 0 Å². The molecule has 2 unspecified atom stereocenters. The van der Waals surface area contributed by atoms with Crippen LogP contribution < -0.4 is 5.32 Å². The minimum atomic E-state index is 0.317. The minimum Gasteiger partial charge on any atom is -0.396 e. The first-order valence-electron chi connectivity index (χ1n) is 4.19. The topological polar surface area (TPSA) is 32.3 Å². The smallest absolute Gasteiger partial charge is 0.0471 e. The van der Waals surface area contributed by atoms with Crippen LogP contribution in [0.2, 0.25) is 0 Å². The van der Waals surface area contributed by atoms with E-state index in [4.69, 9.17) is 5.11 Å². The zero-order chi connectivity index (χ0) is 7.40. The van der Waals surface area contributed by atoms with Crippen molar-refractivity contribution in [1.82, 2.24) is 5.32 Å². The fraction of sp³-hybridized carbons (Fsp3) is 1.00. The predicted molar refractivity (Wildman–Crippen MR) is 41.9 cm³/mol. The number of piperidine rings is 1. The number of rotatable bonds is 2. The van der Waals surface area contributed by atoms with E-state index in [1.54, 1.807) is 0 Å². The van der Waals surface area contributed by atoms with Crippen molar-refractivity contribution >= 4 is 0 Å². The van der Waals surface area contributed by atoms with Gasteiger partial charge in [-0.2, -0.15) is 0 Å². The summed E-state index contributed by atoms with van der Waals surface area (Å²) in [5.74, 6) is 0.431. The Labute approximate surface area is 62.6 Å². The van der Waals surface area contributed by atoms with E-state index in [1.807, 2.05) is 0 Å². The van der Waals surface area contributed by atoms with E-state index in [0.29, 0.717) is 18.6 Å². The van der Waals surface area contributed by atoms with Gasteiger partial charge in [-0.25, -0.2) is 0 Å². The Bertz CT molecular complexity index is 89.3. The summed E-state index contributed by atoms with van der Waals surface area (Å²) < 4.78 is 0. The van der Waals surface area contributed by atoms with Crippen LogP contribution in [0, 0.1) is 5.92 Å². The van der Waals surface area contributed by atoms with Crippen molar-refractivity contribution < 1.29 is 5.11 Å². The molecule has 2 heteroatoms. The van der Waals surface area contributed by atoms with Crippen LogP contribution in [0.15, 0.2) is 0 Å². The average molecular weight is 143 g/mol. The van der Waals surface area contributed by atoms with Gasteiger partial charge in [-0.1, -0.05) is 13.3 Å². The van der Waals surface area contributed by atoms with Crippen LogP contribution in [0.5, 0.6) is 0 Å². The van der Waals surface area contributed by atoms with E-state index in [1.165, 1.54) is 19.3 Å². The Morgan fingerprint density at radius 1 is 1.60 bits per heavy atom. The third-order valence-electron chi connectivity index (χ3n) is 2.32. The van der Waals surface area contributed by atoms with Crippen molar-refractivity contribution in [3.05, 3.63) is 0 Å². The van der Waals surface area contributed by atoms with E-state index in [0.717, 1.165) is 6.54 Å². The first-order valence-corrected chi connectivity index (χ1v) is 4.19. The van der Waals surface area contributed by atoms with Gasteiger partial charge in [0, 0.05) is 12.6 Å². The lowest BCUT2D eigenvalue weighted by Crippen LogP contribution is -2.40. The van der Waals surface area contributed by atoms with E-state index in [-0.39, 0.29) is 0 Å². The summed E-state index contributed by atoms with van der Waals surface area (Å²) in [7, 11) is 0. The zero-order valence-corrected chi connectivity index (χ0v) is 6.64. The molecule has 1 rings (SSSR count). The minimum absolute atomic E-state index is 0.317. The zero-order valence-electron chi connectivity index (χ0n) is 6.64. The molecule has 0 amide bonds. The summed E-state index contributed by atoms with van der Waals surface area (Å²) in [5, 5.41) is 12.3. The van der Waals surface area contributed by atoms with Crippen LogP contribution in [0.4, 0.5) is 0 Å². The second kappa shape index (κ2) is 3.94. The molecule has 10 heavy (non-hydrogen) atoms. The molecule has 1 aliphatic heterocycles. The van der Waals surface area contributed by atoms with Gasteiger partial charge < -0.3 is 10.4 Å². The standard InChI is InChI=1S/C8H17NO/c1-7(6-10)8-4-2-3-5-9-8/h7-10H,2-6H2,1H3. The van der Waals surface area contributed by atoms with Gasteiger partial charge in [0.2, 0.25) is 0 Å². The molecular weight excluding hydrogens is 126 g/mol. The monoisotopic (exact) mass is 143 g/mol. The Hall–Kier alpha value is -0.0800. The second-order valence-corrected chi connectivity index (χ2v) is 3.22. The van der Waals surface area contributed by atoms with Gasteiger partial charge in [0.25, 0.3) is 0 Å². The maximum atomic E-state index is 8.85. The third-order valence-corrected chi connectivity index (χ3v) is 2.32. The molecule has 1 aliphatic rings. The summed E-state index contributed by atoms with van der Waals surface area (Å²) in [4.78, 5) is 0. The largest absolute Gasteiger partial charge is 0.396 e. The molecule has 60 valence electrons. The molecule has 0 radical (unpaired) electrons. The fourth-order valence-electron chi connectivity index (χ4n) is 1.49. The molecule has 0 aromatic carbocycles. The van der Waals surface area contributed by atoms with Crippen LogP contribution in [0.3, 0.4) is 0 Å². The average Bonchev–Trinajstić information content (AvgIpc) is 2.05. The first kappa shape index (κ1) is 8.02. The molecule has 0 saturated carbocycles. The summed E-state index contributed by atoms with van der Waals surface area (Å²) >= 11 is 0. The summed E-state index contributed by atoms with van der Waals surface area (Å²) in [5.41, 5.74) is 0. The fourth-order valence-corrected chi connectivity index (χ4v) is 1.49. The lowest BCUT2D eigenvalue weighted by Gasteiger charge is -2.27. The van der Waals surface area contributed by atoms with Crippen LogP contribution in [0.1, 0.15) is 26.2 Å². The van der Waals surface area contributed by atoms with Crippen molar-refractivity contribution in [2.75, 3.05) is 13.2 Å². The Morgan fingerprint density at radius 3 is 2.90 bits per heavy atom. The van der Waals surface area contributed by atoms with Gasteiger partial charge in [0.1, 0.15) is 0 Å². The lowest BCUT2D eigenvalue weighted by atomic mass is 9.94. The maximum absolute atomic E-state index is 8.85. The molecule has 0 aromatic rings. The summed E-state index contributed by atoms with van der Waals surface area (Å²) in [6, 6.07) is 0.568. The normalized spacial score (nSPS) is 30.0. The Morgan fingerprint density at radius 2 is 2.40 bits per heavy atom. The van der Waals surface area contributed by atoms with Crippen molar-refractivity contribution in [1.29, 1.82) is 0 Å². The van der Waals surface area contributed by atoms with E-state index >= 15 is 0 Å². The number of hydrogen-bond donors (Lipinski definition) is 2. The summed E-state index contributed by atoms with van der Waals surface area (Å²) in [6.45, 7) is 3.55. The summed E-state index contributed by atoms with van der Waals surface area (Å²) in [6.07, 6.45) is 3.86. The molecular formula is C8H17NO. The number of aliphatic hydroxyl groups is 1. The van der Waals surface area contributed by atoms with Gasteiger partial charge >= 0.3 is 0 Å². The highest BCUT2D eigenvalue weighted by molar-refractivity contribution is 4.76. The van der Waals surface area contributed by atoms with Gasteiger partial charge in [-0.05, 0) is 25.3 Å². The predicted octanol–water partition coefficient (Wildman–Crippen LogP) is 0.757. The number of nitrogens with one attached hydrogen (secondary N) is 1. The van der Waals surface area contributed by atoms with Gasteiger partial charge in [0.15, 0.2) is 0 Å². The maximum Gasteiger partial charge on any atom is 0.0471 e. The molecule has 2 N–H and O–H groups in total. The molecule has 1 saturated heterocycles. The van der Waals surface area contributed by atoms with Gasteiger partial charge in [0.05, 0.1) is 0 Å². The van der Waals surface area contributed by atoms with Crippen LogP contribution >= 0.6 is 0 Å². The van der Waals surface area contributed by atoms with Crippen molar-refractivity contribution in [3.8, 4) is 0 Å². The quantitative estimate of drug-likeness (QED) is 0.598. The number of aliphatic hydroxyl groups excluding tert-OH is 1. The van der Waals surface area contributed by atoms with E-state index < -0.39 is 0 Å². The molecule has 0 bridgehead atoms. The molecule has 0 aliphatic carbocycles. The van der Waals surface area contributed by atoms with Crippen molar-refractivity contribution in [3.63, 3.8) is 0 Å². The number of hydrogen-bond acceptors (Lipinski definition) is 2. The van der Waals surface area contributed by atoms with E-state index in [9.17, 15) is 0 Å². The molecule has 1 fully saturated rings. The highest BCUT2D eigenvalue weighted by Crippen LogP contribution is 2.13. The second-order valence-electron chi connectivity index (χ2n) is 3.22. The Kier molecular flexibility index (Phi) is 3.16.